The zero-order valence-electron chi connectivity index (χ0n) is 18.2. The van der Waals surface area contributed by atoms with Gasteiger partial charge in [-0.3, -0.25) is 9.59 Å². The molecule has 6 nitrogen and oxygen atoms in total. The summed E-state index contributed by atoms with van der Waals surface area (Å²) in [5.74, 6) is 0.406. The molecule has 0 aliphatic carbocycles. The first-order chi connectivity index (χ1) is 15.0. The molecule has 0 aromatic heterocycles. The van der Waals surface area contributed by atoms with Gasteiger partial charge in [0.25, 0.3) is 5.91 Å². The summed E-state index contributed by atoms with van der Waals surface area (Å²) in [5, 5.41) is 3.03. The molecule has 2 aromatic rings. The van der Waals surface area contributed by atoms with Crippen LogP contribution in [0.3, 0.4) is 0 Å². The third-order valence-corrected chi connectivity index (χ3v) is 7.01. The lowest BCUT2D eigenvalue weighted by molar-refractivity contribution is -0.906. The first kappa shape index (κ1) is 21.9. The third kappa shape index (κ3) is 5.29. The molecule has 2 aliphatic rings. The van der Waals surface area contributed by atoms with Crippen molar-refractivity contribution in [3.8, 4) is 0 Å². The van der Waals surface area contributed by atoms with Crippen molar-refractivity contribution in [1.82, 2.24) is 5.32 Å². The van der Waals surface area contributed by atoms with Gasteiger partial charge in [0.05, 0.1) is 44.3 Å². The number of amides is 2. The van der Waals surface area contributed by atoms with E-state index < -0.39 is 0 Å². The Labute approximate surface area is 187 Å². The second-order valence-corrected chi connectivity index (χ2v) is 9.27. The maximum atomic E-state index is 12.8. The van der Waals surface area contributed by atoms with Crippen molar-refractivity contribution >= 4 is 29.3 Å². The van der Waals surface area contributed by atoms with Crippen LogP contribution < -0.4 is 15.1 Å². The van der Waals surface area contributed by atoms with E-state index in [0.717, 1.165) is 54.6 Å². The Hall–Kier alpha value is -2.35. The van der Waals surface area contributed by atoms with Gasteiger partial charge in [0, 0.05) is 10.5 Å². The van der Waals surface area contributed by atoms with Crippen molar-refractivity contribution in [2.75, 3.05) is 50.0 Å². The minimum Gasteiger partial charge on any atom is -0.370 e. The van der Waals surface area contributed by atoms with Crippen molar-refractivity contribution in [3.05, 3.63) is 58.7 Å². The Morgan fingerprint density at radius 1 is 1.16 bits per heavy atom. The van der Waals surface area contributed by atoms with Crippen LogP contribution in [0.15, 0.2) is 41.3 Å². The summed E-state index contributed by atoms with van der Waals surface area (Å²) in [6.45, 7) is 9.73. The van der Waals surface area contributed by atoms with Crippen LogP contribution in [0.25, 0.3) is 0 Å². The summed E-state index contributed by atoms with van der Waals surface area (Å²) in [6, 6.07) is 12.0. The van der Waals surface area contributed by atoms with Gasteiger partial charge in [-0.15, -0.1) is 11.8 Å². The van der Waals surface area contributed by atoms with Crippen molar-refractivity contribution in [1.29, 1.82) is 0 Å². The highest BCUT2D eigenvalue weighted by molar-refractivity contribution is 8.00. The van der Waals surface area contributed by atoms with E-state index in [1.165, 1.54) is 22.2 Å². The molecule has 0 saturated carbocycles. The van der Waals surface area contributed by atoms with Gasteiger partial charge in [-0.1, -0.05) is 23.8 Å². The number of hydrogen-bond donors (Lipinski definition) is 2. The Kier molecular flexibility index (Phi) is 6.95. The molecule has 0 unspecified atom stereocenters. The van der Waals surface area contributed by atoms with E-state index in [4.69, 9.17) is 4.74 Å². The lowest BCUT2D eigenvalue weighted by Gasteiger charge is -2.30. The fraction of sp³-hybridized carbons (Fsp3) is 0.417. The van der Waals surface area contributed by atoms with Crippen molar-refractivity contribution in [3.63, 3.8) is 0 Å². The Bertz CT molecular complexity index is 973. The molecule has 2 amide bonds. The first-order valence-electron chi connectivity index (χ1n) is 10.8. The monoisotopic (exact) mass is 440 g/mol. The number of morpholine rings is 1. The molecule has 164 valence electrons. The number of carbonyl (C=O) groups is 2. The smallest absolute Gasteiger partial charge is 0.251 e. The van der Waals surface area contributed by atoms with Crippen LogP contribution >= 0.6 is 11.8 Å². The molecule has 0 radical (unpaired) electrons. The van der Waals surface area contributed by atoms with Gasteiger partial charge in [-0.05, 0) is 43.2 Å². The minimum absolute atomic E-state index is 0.0758. The highest BCUT2D eigenvalue weighted by atomic mass is 32.2. The van der Waals surface area contributed by atoms with Gasteiger partial charge >= 0.3 is 0 Å². The minimum atomic E-state index is -0.0924. The lowest BCUT2D eigenvalue weighted by atomic mass is 10.0. The van der Waals surface area contributed by atoms with Crippen LogP contribution in [0, 0.1) is 13.8 Å². The van der Waals surface area contributed by atoms with E-state index in [9.17, 15) is 9.59 Å². The second-order valence-electron chi connectivity index (χ2n) is 8.25. The molecule has 31 heavy (non-hydrogen) atoms. The number of hydrogen-bond acceptors (Lipinski definition) is 4. The molecule has 2 N–H and O–H groups in total. The molecule has 1 saturated heterocycles. The summed E-state index contributed by atoms with van der Waals surface area (Å²) in [5.41, 5.74) is 4.90. The highest BCUT2D eigenvalue weighted by Gasteiger charge is 2.26. The van der Waals surface area contributed by atoms with Crippen molar-refractivity contribution in [2.24, 2.45) is 0 Å². The normalized spacial score (nSPS) is 16.8. The number of anilines is 1. The number of benzene rings is 2. The summed E-state index contributed by atoms with van der Waals surface area (Å²) < 4.78 is 5.38. The molecule has 7 heteroatoms. The average molecular weight is 441 g/mol. The van der Waals surface area contributed by atoms with E-state index in [-0.39, 0.29) is 11.8 Å². The van der Waals surface area contributed by atoms with Crippen LogP contribution in [-0.4, -0.2) is 57.0 Å². The maximum Gasteiger partial charge on any atom is 0.251 e. The highest BCUT2D eigenvalue weighted by Crippen LogP contribution is 2.37. The number of quaternary nitrogens is 1. The maximum absolute atomic E-state index is 12.8. The molecule has 0 spiro atoms. The predicted molar refractivity (Wildman–Crippen MR) is 123 cm³/mol. The SMILES string of the molecule is Cc1ccc(C)c(CN2C(=O)CSc3ccc(C(=O)NCC[NH+]4CCOCC4)cc32)c1. The Balaban J connectivity index is 1.48. The van der Waals surface area contributed by atoms with Crippen LogP contribution in [0.4, 0.5) is 5.69 Å². The van der Waals surface area contributed by atoms with Gasteiger partial charge in [-0.25, -0.2) is 0 Å². The molecule has 2 heterocycles. The number of thioether (sulfide) groups is 1. The van der Waals surface area contributed by atoms with Crippen LogP contribution in [0.1, 0.15) is 27.0 Å². The number of rotatable bonds is 6. The van der Waals surface area contributed by atoms with Gasteiger partial charge < -0.3 is 19.9 Å². The van der Waals surface area contributed by atoms with E-state index in [2.05, 4.69) is 37.4 Å². The van der Waals surface area contributed by atoms with E-state index in [1.54, 1.807) is 0 Å². The van der Waals surface area contributed by atoms with Gasteiger partial charge in [0.15, 0.2) is 0 Å². The van der Waals surface area contributed by atoms with Crippen LogP contribution in [-0.2, 0) is 16.1 Å². The molecule has 0 atom stereocenters. The third-order valence-electron chi connectivity index (χ3n) is 5.96. The molecule has 4 rings (SSSR count). The van der Waals surface area contributed by atoms with Gasteiger partial charge in [0.1, 0.15) is 13.1 Å². The zero-order valence-corrected chi connectivity index (χ0v) is 19.0. The van der Waals surface area contributed by atoms with Gasteiger partial charge in [0.2, 0.25) is 5.91 Å². The quantitative estimate of drug-likeness (QED) is 0.716. The number of carbonyl (C=O) groups excluding carboxylic acids is 2. The van der Waals surface area contributed by atoms with Crippen molar-refractivity contribution < 1.29 is 19.2 Å². The van der Waals surface area contributed by atoms with E-state index >= 15 is 0 Å². The Morgan fingerprint density at radius 3 is 2.77 bits per heavy atom. The molecular formula is C24H30N3O3S+. The van der Waals surface area contributed by atoms with Crippen LogP contribution in [0.5, 0.6) is 0 Å². The number of nitrogens with zero attached hydrogens (tertiary/aromatic N) is 1. The molecule has 1 fully saturated rings. The first-order valence-corrected chi connectivity index (χ1v) is 11.8. The summed E-state index contributed by atoms with van der Waals surface area (Å²) in [6.07, 6.45) is 0. The predicted octanol–water partition coefficient (Wildman–Crippen LogP) is 1.59. The van der Waals surface area contributed by atoms with E-state index in [1.807, 2.05) is 23.1 Å². The average Bonchev–Trinajstić information content (AvgIpc) is 2.78. The number of ether oxygens (including phenoxy) is 1. The second kappa shape index (κ2) is 9.85. The Morgan fingerprint density at radius 2 is 1.97 bits per heavy atom. The van der Waals surface area contributed by atoms with E-state index in [0.29, 0.717) is 24.4 Å². The molecule has 0 bridgehead atoms. The number of fused-ring (bicyclic) bond motifs is 1. The van der Waals surface area contributed by atoms with Crippen molar-refractivity contribution in [2.45, 2.75) is 25.3 Å². The summed E-state index contributed by atoms with van der Waals surface area (Å²) >= 11 is 1.54. The zero-order chi connectivity index (χ0) is 21.8. The molecular weight excluding hydrogens is 410 g/mol. The van der Waals surface area contributed by atoms with Gasteiger partial charge in [-0.2, -0.15) is 0 Å². The molecule has 2 aromatic carbocycles. The largest absolute Gasteiger partial charge is 0.370 e. The number of aryl methyl sites for hydroxylation is 2. The molecule has 2 aliphatic heterocycles. The summed E-state index contributed by atoms with van der Waals surface area (Å²) in [7, 11) is 0. The number of nitrogens with one attached hydrogen (secondary N) is 2. The fourth-order valence-electron chi connectivity index (χ4n) is 4.02. The standard InChI is InChI=1S/C24H29N3O3S/c1-17-3-4-18(2)20(13-17)15-27-21-14-19(5-6-22(21)31-16-23(27)28)24(29)25-7-8-26-9-11-30-12-10-26/h3-6,13-14H,7-12,15-16H2,1-2H3,(H,25,29)/p+1. The topological polar surface area (TPSA) is 63.1 Å². The summed E-state index contributed by atoms with van der Waals surface area (Å²) in [4.78, 5) is 29.9. The fourth-order valence-corrected chi connectivity index (χ4v) is 4.94. The lowest BCUT2D eigenvalue weighted by Crippen LogP contribution is -3.14. The van der Waals surface area contributed by atoms with Crippen LogP contribution in [0.2, 0.25) is 0 Å².